The molecule has 0 saturated heterocycles. The average molecular weight is 586 g/mol. The highest BCUT2D eigenvalue weighted by Crippen LogP contribution is 2.58. The number of aromatic nitrogens is 2. The van der Waals surface area contributed by atoms with Gasteiger partial charge in [0.1, 0.15) is 34.9 Å². The third kappa shape index (κ3) is 4.88. The maximum absolute atomic E-state index is 5.21. The zero-order valence-electron chi connectivity index (χ0n) is 24.5. The third-order valence-electron chi connectivity index (χ3n) is 8.59. The van der Waals surface area contributed by atoms with Crippen LogP contribution in [0, 0.1) is 0 Å². The number of imidazole rings is 1. The van der Waals surface area contributed by atoms with Crippen LogP contribution in [0.15, 0.2) is 195 Å². The van der Waals surface area contributed by atoms with Crippen LogP contribution in [-0.4, -0.2) is 9.55 Å². The molecule has 0 spiro atoms. The van der Waals surface area contributed by atoms with Gasteiger partial charge < -0.3 is 4.57 Å². The first kappa shape index (κ1) is 27.8. The Morgan fingerprint density at radius 2 is 0.750 bits per heavy atom. The van der Waals surface area contributed by atoms with Crippen LogP contribution >= 0.6 is 7.26 Å². The number of nitrogens with zero attached hydrogens (tertiary/aromatic N) is 2. The van der Waals surface area contributed by atoms with Crippen LogP contribution in [0.4, 0.5) is 0 Å². The molecule has 0 fully saturated rings. The number of hydrogen-bond donors (Lipinski definition) is 0. The van der Waals surface area contributed by atoms with Gasteiger partial charge in [0, 0.05) is 6.20 Å². The standard InChI is InChI=1S/C41H34N2P/c1-7-19-34(20-8-1)41(35-21-9-2-10-22-35,36-23-11-3-12-24-36)43-31-37(42-33-43)32-44(38-25-13-4-14-26-38,39-27-15-5-16-28-39)40-29-17-6-18-30-40/h1-31,33H,32H2/q+1. The minimum atomic E-state index is -2.11. The van der Waals surface area contributed by atoms with Crippen LogP contribution < -0.4 is 15.9 Å². The molecule has 7 rings (SSSR count). The van der Waals surface area contributed by atoms with Gasteiger partial charge in [-0.15, -0.1) is 0 Å². The van der Waals surface area contributed by atoms with Crippen molar-refractivity contribution in [2.24, 2.45) is 0 Å². The van der Waals surface area contributed by atoms with E-state index in [-0.39, 0.29) is 0 Å². The summed E-state index contributed by atoms with van der Waals surface area (Å²) in [4.78, 5) is 5.21. The molecule has 7 aromatic rings. The Morgan fingerprint density at radius 1 is 0.432 bits per heavy atom. The molecule has 0 unspecified atom stereocenters. The molecule has 0 bridgehead atoms. The quantitative estimate of drug-likeness (QED) is 0.123. The maximum atomic E-state index is 5.21. The van der Waals surface area contributed by atoms with Gasteiger partial charge in [0.25, 0.3) is 0 Å². The van der Waals surface area contributed by atoms with E-state index in [1.807, 2.05) is 6.33 Å². The Kier molecular flexibility index (Phi) is 7.76. The zero-order valence-corrected chi connectivity index (χ0v) is 25.4. The van der Waals surface area contributed by atoms with Gasteiger partial charge in [0.05, 0.1) is 12.0 Å². The van der Waals surface area contributed by atoms with Crippen molar-refractivity contribution in [1.82, 2.24) is 9.55 Å². The van der Waals surface area contributed by atoms with Gasteiger partial charge in [0.2, 0.25) is 0 Å². The molecular formula is C41H34N2P+. The van der Waals surface area contributed by atoms with Gasteiger partial charge in [-0.3, -0.25) is 0 Å². The molecule has 0 aliphatic heterocycles. The summed E-state index contributed by atoms with van der Waals surface area (Å²) in [5.41, 5.74) is 4.05. The molecule has 0 saturated carbocycles. The number of hydrogen-bond acceptors (Lipinski definition) is 1. The fraction of sp³-hybridized carbons (Fsp3) is 0.0488. The van der Waals surface area contributed by atoms with E-state index in [9.17, 15) is 0 Å². The van der Waals surface area contributed by atoms with E-state index in [1.165, 1.54) is 32.6 Å². The summed E-state index contributed by atoms with van der Waals surface area (Å²) in [6.45, 7) is 0. The SMILES string of the molecule is c1ccc(C(c2ccccc2)(c2ccccc2)n2cnc(C[P+](c3ccccc3)(c3ccccc3)c3ccccc3)c2)cc1. The number of benzene rings is 6. The van der Waals surface area contributed by atoms with E-state index >= 15 is 0 Å². The second-order valence-corrected chi connectivity index (χ2v) is 14.5. The fourth-order valence-electron chi connectivity index (χ4n) is 6.63. The molecule has 6 aromatic carbocycles. The van der Waals surface area contributed by atoms with Gasteiger partial charge in [-0.05, 0) is 53.1 Å². The normalized spacial score (nSPS) is 11.7. The predicted molar refractivity (Wildman–Crippen MR) is 186 cm³/mol. The summed E-state index contributed by atoms with van der Waals surface area (Å²) in [5, 5.41) is 4.06. The highest BCUT2D eigenvalue weighted by molar-refractivity contribution is 7.95. The molecule has 0 aliphatic rings. The van der Waals surface area contributed by atoms with E-state index in [1.54, 1.807) is 0 Å². The van der Waals surface area contributed by atoms with Crippen LogP contribution in [0.5, 0.6) is 0 Å². The topological polar surface area (TPSA) is 17.8 Å². The highest BCUT2D eigenvalue weighted by Gasteiger charge is 2.46. The Bertz CT molecular complexity index is 1710. The largest absolute Gasteiger partial charge is 0.319 e. The van der Waals surface area contributed by atoms with E-state index in [4.69, 9.17) is 4.98 Å². The molecular weight excluding hydrogens is 551 g/mol. The number of rotatable bonds is 9. The second-order valence-electron chi connectivity index (χ2n) is 11.1. The Balaban J connectivity index is 1.46. The maximum Gasteiger partial charge on any atom is 0.121 e. The van der Waals surface area contributed by atoms with Crippen molar-refractivity contribution in [3.8, 4) is 0 Å². The first-order valence-corrected chi connectivity index (χ1v) is 17.0. The minimum absolute atomic E-state index is 0.595. The molecule has 0 radical (unpaired) electrons. The average Bonchev–Trinajstić information content (AvgIpc) is 3.58. The summed E-state index contributed by atoms with van der Waals surface area (Å²) >= 11 is 0. The first-order valence-electron chi connectivity index (χ1n) is 15.1. The Hall–Kier alpha value is -5.04. The van der Waals surface area contributed by atoms with Crippen molar-refractivity contribution in [2.75, 3.05) is 0 Å². The Labute approximate surface area is 260 Å². The molecule has 0 aliphatic carbocycles. The first-order chi connectivity index (χ1) is 21.8. The smallest absolute Gasteiger partial charge is 0.121 e. The van der Waals surface area contributed by atoms with Crippen LogP contribution in [-0.2, 0) is 11.7 Å². The lowest BCUT2D eigenvalue weighted by atomic mass is 9.77. The van der Waals surface area contributed by atoms with Crippen LogP contribution in [0.25, 0.3) is 0 Å². The summed E-state index contributed by atoms with van der Waals surface area (Å²) in [6, 6.07) is 65.5. The minimum Gasteiger partial charge on any atom is -0.319 e. The summed E-state index contributed by atoms with van der Waals surface area (Å²) in [7, 11) is -2.11. The third-order valence-corrected chi connectivity index (χ3v) is 12.9. The monoisotopic (exact) mass is 585 g/mol. The summed E-state index contributed by atoms with van der Waals surface area (Å²) < 4.78 is 2.33. The molecule has 2 nitrogen and oxygen atoms in total. The van der Waals surface area contributed by atoms with Crippen LogP contribution in [0.3, 0.4) is 0 Å². The molecule has 0 N–H and O–H groups in total. The summed E-state index contributed by atoms with van der Waals surface area (Å²) in [6.07, 6.45) is 5.14. The van der Waals surface area contributed by atoms with E-state index in [0.29, 0.717) is 0 Å². The van der Waals surface area contributed by atoms with Crippen molar-refractivity contribution in [3.63, 3.8) is 0 Å². The molecule has 0 atom stereocenters. The zero-order chi connectivity index (χ0) is 29.7. The molecule has 212 valence electrons. The van der Waals surface area contributed by atoms with E-state index < -0.39 is 12.8 Å². The van der Waals surface area contributed by atoms with Gasteiger partial charge in [0.15, 0.2) is 0 Å². The lowest BCUT2D eigenvalue weighted by Gasteiger charge is -2.37. The predicted octanol–water partition coefficient (Wildman–Crippen LogP) is 8.22. The summed E-state index contributed by atoms with van der Waals surface area (Å²) in [5.74, 6) is 0. The van der Waals surface area contributed by atoms with Crippen molar-refractivity contribution >= 4 is 23.2 Å². The van der Waals surface area contributed by atoms with E-state index in [0.717, 1.165) is 11.9 Å². The highest BCUT2D eigenvalue weighted by atomic mass is 31.2. The van der Waals surface area contributed by atoms with Crippen molar-refractivity contribution in [1.29, 1.82) is 0 Å². The van der Waals surface area contributed by atoms with Gasteiger partial charge in [-0.25, -0.2) is 4.98 Å². The molecule has 44 heavy (non-hydrogen) atoms. The van der Waals surface area contributed by atoms with Crippen molar-refractivity contribution < 1.29 is 0 Å². The van der Waals surface area contributed by atoms with Crippen LogP contribution in [0.2, 0.25) is 0 Å². The molecule has 3 heteroatoms. The van der Waals surface area contributed by atoms with Gasteiger partial charge in [-0.2, -0.15) is 0 Å². The van der Waals surface area contributed by atoms with Crippen molar-refractivity contribution in [3.05, 3.63) is 217 Å². The van der Waals surface area contributed by atoms with Gasteiger partial charge in [-0.1, -0.05) is 146 Å². The molecule has 0 amide bonds. The lowest BCUT2D eigenvalue weighted by Crippen LogP contribution is -2.37. The van der Waals surface area contributed by atoms with Crippen LogP contribution in [0.1, 0.15) is 22.4 Å². The fourth-order valence-corrected chi connectivity index (χ4v) is 10.8. The van der Waals surface area contributed by atoms with Crippen molar-refractivity contribution in [2.45, 2.75) is 11.7 Å². The van der Waals surface area contributed by atoms with Gasteiger partial charge >= 0.3 is 0 Å². The molecule has 1 aromatic heterocycles. The lowest BCUT2D eigenvalue weighted by molar-refractivity contribution is 0.514. The van der Waals surface area contributed by atoms with E-state index in [2.05, 4.69) is 193 Å². The molecule has 1 heterocycles. The Morgan fingerprint density at radius 3 is 1.09 bits per heavy atom. The second kappa shape index (κ2) is 12.3.